The fourth-order valence-electron chi connectivity index (χ4n) is 5.41. The van der Waals surface area contributed by atoms with Gasteiger partial charge in [0.15, 0.2) is 0 Å². The minimum Gasteiger partial charge on any atom is -0.339 e. The Balaban J connectivity index is 0.000000152. The SMILES string of the molecule is C=CC(=O)N1CCC(n2c(=O)[nH]c3ccccc32)CC1.O=c1[nH]c2ccccc2n1C1CCNCC1. The highest BCUT2D eigenvalue weighted by molar-refractivity contribution is 5.87. The highest BCUT2D eigenvalue weighted by Crippen LogP contribution is 2.25. The number of benzene rings is 2. The minimum absolute atomic E-state index is 0.0214. The Morgan fingerprint density at radius 1 is 0.778 bits per heavy atom. The van der Waals surface area contributed by atoms with Crippen molar-refractivity contribution in [3.8, 4) is 0 Å². The number of carbonyl (C=O) groups is 1. The number of aromatic amines is 2. The summed E-state index contributed by atoms with van der Waals surface area (Å²) in [6.07, 6.45) is 4.99. The molecule has 2 aromatic heterocycles. The Morgan fingerprint density at radius 3 is 1.75 bits per heavy atom. The van der Waals surface area contributed by atoms with Gasteiger partial charge in [0.05, 0.1) is 22.1 Å². The van der Waals surface area contributed by atoms with E-state index in [4.69, 9.17) is 0 Å². The highest BCUT2D eigenvalue weighted by atomic mass is 16.2. The van der Waals surface area contributed by atoms with Crippen LogP contribution in [0.5, 0.6) is 0 Å². The van der Waals surface area contributed by atoms with Gasteiger partial charge in [0.2, 0.25) is 5.91 Å². The van der Waals surface area contributed by atoms with Crippen molar-refractivity contribution in [3.05, 3.63) is 82.2 Å². The van der Waals surface area contributed by atoms with Gasteiger partial charge in [-0.3, -0.25) is 13.9 Å². The number of rotatable bonds is 3. The molecule has 3 N–H and O–H groups in total. The molecule has 2 aromatic carbocycles. The van der Waals surface area contributed by atoms with Crippen molar-refractivity contribution in [1.29, 1.82) is 0 Å². The van der Waals surface area contributed by atoms with Crippen LogP contribution in [0.2, 0.25) is 0 Å². The Labute approximate surface area is 208 Å². The lowest BCUT2D eigenvalue weighted by Gasteiger charge is -2.31. The van der Waals surface area contributed by atoms with Crippen LogP contribution >= 0.6 is 0 Å². The first-order chi connectivity index (χ1) is 17.6. The molecule has 0 radical (unpaired) electrons. The average Bonchev–Trinajstić information content (AvgIpc) is 3.44. The van der Waals surface area contributed by atoms with Crippen molar-refractivity contribution >= 4 is 28.0 Å². The second-order valence-corrected chi connectivity index (χ2v) is 9.38. The Kier molecular flexibility index (Phi) is 6.90. The van der Waals surface area contributed by atoms with Gasteiger partial charge in [-0.15, -0.1) is 0 Å². The summed E-state index contributed by atoms with van der Waals surface area (Å²) in [5, 5.41) is 3.32. The van der Waals surface area contributed by atoms with E-state index in [9.17, 15) is 14.4 Å². The topological polar surface area (TPSA) is 108 Å². The summed E-state index contributed by atoms with van der Waals surface area (Å²) in [6.45, 7) is 6.84. The number of nitrogens with one attached hydrogen (secondary N) is 3. The van der Waals surface area contributed by atoms with E-state index in [0.29, 0.717) is 19.1 Å². The molecule has 0 atom stereocenters. The predicted molar refractivity (Wildman–Crippen MR) is 141 cm³/mol. The van der Waals surface area contributed by atoms with Gasteiger partial charge < -0.3 is 20.2 Å². The first kappa shape index (κ1) is 23.9. The average molecular weight is 489 g/mol. The fourth-order valence-corrected chi connectivity index (χ4v) is 5.41. The van der Waals surface area contributed by atoms with Crippen molar-refractivity contribution in [3.63, 3.8) is 0 Å². The summed E-state index contributed by atoms with van der Waals surface area (Å²) in [7, 11) is 0. The van der Waals surface area contributed by atoms with E-state index < -0.39 is 0 Å². The smallest absolute Gasteiger partial charge is 0.326 e. The summed E-state index contributed by atoms with van der Waals surface area (Å²) in [5.74, 6) is -0.0327. The lowest BCUT2D eigenvalue weighted by atomic mass is 10.0. The quantitative estimate of drug-likeness (QED) is 0.385. The van der Waals surface area contributed by atoms with Crippen molar-refractivity contribution in [1.82, 2.24) is 29.3 Å². The van der Waals surface area contributed by atoms with Gasteiger partial charge in [-0.25, -0.2) is 9.59 Å². The lowest BCUT2D eigenvalue weighted by Crippen LogP contribution is -2.39. The van der Waals surface area contributed by atoms with E-state index in [-0.39, 0.29) is 23.3 Å². The number of carbonyl (C=O) groups excluding carboxylic acids is 1. The van der Waals surface area contributed by atoms with Gasteiger partial charge in [-0.05, 0) is 69.1 Å². The number of H-pyrrole nitrogens is 2. The summed E-state index contributed by atoms with van der Waals surface area (Å²) in [6, 6.07) is 16.1. The molecule has 1 amide bonds. The molecule has 4 aromatic rings. The lowest BCUT2D eigenvalue weighted by molar-refractivity contribution is -0.127. The van der Waals surface area contributed by atoms with Crippen LogP contribution in [0.3, 0.4) is 0 Å². The van der Waals surface area contributed by atoms with Gasteiger partial charge in [0.25, 0.3) is 0 Å². The van der Waals surface area contributed by atoms with Crippen molar-refractivity contribution in [2.24, 2.45) is 0 Å². The van der Waals surface area contributed by atoms with Crippen LogP contribution in [0.1, 0.15) is 37.8 Å². The van der Waals surface area contributed by atoms with Crippen LogP contribution in [-0.4, -0.2) is 56.1 Å². The zero-order chi connectivity index (χ0) is 25.1. The number of piperidine rings is 2. The second-order valence-electron chi connectivity index (χ2n) is 9.38. The van der Waals surface area contributed by atoms with Gasteiger partial charge in [-0.1, -0.05) is 30.8 Å². The molecule has 36 heavy (non-hydrogen) atoms. The van der Waals surface area contributed by atoms with Crippen LogP contribution in [-0.2, 0) is 4.79 Å². The fraction of sp³-hybridized carbons (Fsp3) is 0.370. The molecule has 0 unspecified atom stereocenters. The first-order valence-corrected chi connectivity index (χ1v) is 12.6. The molecule has 2 aliphatic rings. The summed E-state index contributed by atoms with van der Waals surface area (Å²) < 4.78 is 3.74. The molecule has 0 bridgehead atoms. The van der Waals surface area contributed by atoms with Gasteiger partial charge in [0.1, 0.15) is 0 Å². The number of aromatic nitrogens is 4. The third-order valence-corrected chi connectivity index (χ3v) is 7.24. The zero-order valence-electron chi connectivity index (χ0n) is 20.3. The molecule has 4 heterocycles. The zero-order valence-corrected chi connectivity index (χ0v) is 20.3. The summed E-state index contributed by atoms with van der Waals surface area (Å²) >= 11 is 0. The van der Waals surface area contributed by atoms with Crippen LogP contribution < -0.4 is 16.7 Å². The van der Waals surface area contributed by atoms with E-state index in [0.717, 1.165) is 60.8 Å². The molecule has 0 aliphatic carbocycles. The minimum atomic E-state index is -0.0697. The second kappa shape index (κ2) is 10.4. The van der Waals surface area contributed by atoms with Crippen molar-refractivity contribution < 1.29 is 4.79 Å². The molecule has 9 heteroatoms. The van der Waals surface area contributed by atoms with E-state index in [1.807, 2.05) is 57.7 Å². The Bertz CT molecular complexity index is 1480. The maximum absolute atomic E-state index is 12.1. The van der Waals surface area contributed by atoms with Crippen molar-refractivity contribution in [2.75, 3.05) is 26.2 Å². The maximum Gasteiger partial charge on any atom is 0.326 e. The van der Waals surface area contributed by atoms with Crippen LogP contribution in [0.15, 0.2) is 70.8 Å². The molecule has 2 fully saturated rings. The van der Waals surface area contributed by atoms with Crippen molar-refractivity contribution in [2.45, 2.75) is 37.8 Å². The molecular weight excluding hydrogens is 456 g/mol. The molecule has 6 rings (SSSR count). The summed E-state index contributed by atoms with van der Waals surface area (Å²) in [5.41, 5.74) is 3.71. The number of para-hydroxylation sites is 4. The molecule has 0 saturated carbocycles. The molecule has 0 spiro atoms. The van der Waals surface area contributed by atoms with Gasteiger partial charge in [-0.2, -0.15) is 0 Å². The van der Waals surface area contributed by atoms with Crippen LogP contribution in [0.25, 0.3) is 22.1 Å². The predicted octanol–water partition coefficient (Wildman–Crippen LogP) is 2.93. The molecule has 2 saturated heterocycles. The van der Waals surface area contributed by atoms with Gasteiger partial charge in [0, 0.05) is 25.2 Å². The highest BCUT2D eigenvalue weighted by Gasteiger charge is 2.25. The number of likely N-dealkylation sites (tertiary alicyclic amines) is 1. The molecular formula is C27H32N6O3. The maximum atomic E-state index is 12.1. The van der Waals surface area contributed by atoms with Gasteiger partial charge >= 0.3 is 11.4 Å². The van der Waals surface area contributed by atoms with E-state index >= 15 is 0 Å². The van der Waals surface area contributed by atoms with Crippen LogP contribution in [0, 0.1) is 0 Å². The van der Waals surface area contributed by atoms with E-state index in [1.165, 1.54) is 6.08 Å². The molecule has 9 nitrogen and oxygen atoms in total. The number of imidazole rings is 2. The Hall–Kier alpha value is -3.85. The summed E-state index contributed by atoms with van der Waals surface area (Å²) in [4.78, 5) is 43.2. The largest absolute Gasteiger partial charge is 0.339 e. The number of hydrogen-bond acceptors (Lipinski definition) is 4. The monoisotopic (exact) mass is 488 g/mol. The third-order valence-electron chi connectivity index (χ3n) is 7.24. The number of fused-ring (bicyclic) bond motifs is 2. The number of hydrogen-bond donors (Lipinski definition) is 3. The third kappa shape index (κ3) is 4.66. The first-order valence-electron chi connectivity index (χ1n) is 12.6. The standard InChI is InChI=1S/C15H17N3O2.C12H15N3O/c1-2-14(19)17-9-7-11(8-10-17)18-13-6-4-3-5-12(13)16-15(18)20;16-12-14-10-3-1-2-4-11(10)15(12)9-5-7-13-8-6-9/h2-6,11H,1,7-10H2,(H,16,20);1-4,9,13H,5-8H2,(H,14,16). The van der Waals surface area contributed by atoms with E-state index in [2.05, 4.69) is 21.9 Å². The molecule has 2 aliphatic heterocycles. The Morgan fingerprint density at radius 2 is 1.25 bits per heavy atom. The van der Waals surface area contributed by atoms with E-state index in [1.54, 1.807) is 4.90 Å². The number of amides is 1. The number of nitrogens with zero attached hydrogens (tertiary/aromatic N) is 3. The normalized spacial score (nSPS) is 17.2. The van der Waals surface area contributed by atoms with Crippen LogP contribution in [0.4, 0.5) is 0 Å². The molecule has 188 valence electrons.